The van der Waals surface area contributed by atoms with E-state index < -0.39 is 0 Å². The number of hydrogen-bond donors (Lipinski definition) is 0. The topological polar surface area (TPSA) is 44.1 Å². The number of allylic oxidation sites excluding steroid dienone is 1. The first-order chi connectivity index (χ1) is 13.6. The number of piperazine rings is 1. The lowest BCUT2D eigenvalue weighted by Crippen LogP contribution is -2.45. The molecule has 2 aromatic rings. The van der Waals surface area contributed by atoms with Crippen LogP contribution in [0.3, 0.4) is 0 Å². The molecule has 7 heteroatoms. The van der Waals surface area contributed by atoms with Crippen LogP contribution in [0.15, 0.2) is 54.7 Å². The Bertz CT molecular complexity index is 1030. The minimum absolute atomic E-state index is 0.0640. The van der Waals surface area contributed by atoms with Crippen molar-refractivity contribution in [2.24, 2.45) is 0 Å². The molecule has 0 aromatic carbocycles. The number of carbonyl (C=O) groups is 1. The number of pyridine rings is 1. The Morgan fingerprint density at radius 2 is 2.04 bits per heavy atom. The molecule has 1 saturated heterocycles. The summed E-state index contributed by atoms with van der Waals surface area (Å²) in [5.41, 5.74) is 4.16. The first kappa shape index (κ1) is 17.7. The molecule has 0 bridgehead atoms. The Labute approximate surface area is 166 Å². The molecule has 3 aliphatic heterocycles. The van der Waals surface area contributed by atoms with Crippen molar-refractivity contribution >= 4 is 25.4 Å². The maximum atomic E-state index is 12.9. The highest BCUT2D eigenvalue weighted by molar-refractivity contribution is 7.51. The highest BCUT2D eigenvalue weighted by atomic mass is 31.1. The third kappa shape index (κ3) is 3.17. The van der Waals surface area contributed by atoms with Gasteiger partial charge >= 0.3 is 0 Å². The Kier molecular flexibility index (Phi) is 4.33. The zero-order valence-corrected chi connectivity index (χ0v) is 17.2. The summed E-state index contributed by atoms with van der Waals surface area (Å²) in [4.78, 5) is 24.0. The number of nitrogens with zero attached hydrogens (tertiary/aromatic N) is 5. The number of hydrogen-bond acceptors (Lipinski definition) is 4. The molecule has 2 aromatic heterocycles. The Morgan fingerprint density at radius 3 is 2.86 bits per heavy atom. The van der Waals surface area contributed by atoms with E-state index >= 15 is 0 Å². The third-order valence-corrected chi connectivity index (χ3v) is 7.12. The van der Waals surface area contributed by atoms with E-state index in [1.165, 1.54) is 0 Å². The van der Waals surface area contributed by atoms with Gasteiger partial charge < -0.3 is 19.1 Å². The minimum Gasteiger partial charge on any atom is -0.368 e. The molecule has 0 radical (unpaired) electrons. The Balaban J connectivity index is 1.40. The maximum Gasteiger partial charge on any atom is 0.252 e. The van der Waals surface area contributed by atoms with Gasteiger partial charge in [0.15, 0.2) is 0 Å². The summed E-state index contributed by atoms with van der Waals surface area (Å²) in [6.07, 6.45) is 12.3. The molecule has 1 fully saturated rings. The fourth-order valence-corrected chi connectivity index (χ4v) is 5.34. The van der Waals surface area contributed by atoms with Crippen LogP contribution in [-0.4, -0.2) is 69.0 Å². The first-order valence-electron chi connectivity index (χ1n) is 9.67. The molecule has 2 unspecified atom stereocenters. The minimum atomic E-state index is 0.0640. The van der Waals surface area contributed by atoms with Crippen LogP contribution >= 0.6 is 8.58 Å². The van der Waals surface area contributed by atoms with Crippen molar-refractivity contribution in [3.05, 3.63) is 65.9 Å². The van der Waals surface area contributed by atoms with Gasteiger partial charge in [0.2, 0.25) is 0 Å². The first-order valence-corrected chi connectivity index (χ1v) is 10.7. The quantitative estimate of drug-likeness (QED) is 0.736. The molecule has 3 aliphatic rings. The Morgan fingerprint density at radius 1 is 1.21 bits per heavy atom. The summed E-state index contributed by atoms with van der Waals surface area (Å²) in [7, 11) is 2.68. The van der Waals surface area contributed by atoms with E-state index in [0.29, 0.717) is 8.58 Å². The molecule has 5 rings (SSSR count). The monoisotopic (exact) mass is 393 g/mol. The fourth-order valence-electron chi connectivity index (χ4n) is 3.96. The number of likely N-dealkylation sites (N-methyl/N-ethyl adjacent to an activating group) is 1. The lowest BCUT2D eigenvalue weighted by molar-refractivity contribution is -0.123. The van der Waals surface area contributed by atoms with Gasteiger partial charge in [0.05, 0.1) is 17.2 Å². The van der Waals surface area contributed by atoms with Crippen molar-refractivity contribution in [2.75, 3.05) is 33.2 Å². The number of aryl methyl sites for hydroxylation is 1. The van der Waals surface area contributed by atoms with Gasteiger partial charge in [-0.15, -0.1) is 0 Å². The third-order valence-electron chi connectivity index (χ3n) is 5.61. The smallest absolute Gasteiger partial charge is 0.252 e. The molecule has 144 valence electrons. The van der Waals surface area contributed by atoms with Gasteiger partial charge in [-0.25, -0.2) is 4.98 Å². The number of imidazole rings is 1. The summed E-state index contributed by atoms with van der Waals surface area (Å²) in [5, 5.41) is 1.11. The number of carbonyl (C=O) groups excluding carboxylic acids is 1. The molecule has 6 nitrogen and oxygen atoms in total. The molecular formula is C21H24N5OP. The molecular weight excluding hydrogens is 369 g/mol. The van der Waals surface area contributed by atoms with Gasteiger partial charge in [-0.05, 0) is 43.1 Å². The van der Waals surface area contributed by atoms with Crippen LogP contribution in [0, 0.1) is 6.92 Å². The van der Waals surface area contributed by atoms with Crippen LogP contribution in [-0.2, 0) is 4.79 Å². The van der Waals surface area contributed by atoms with Crippen molar-refractivity contribution in [1.82, 2.24) is 24.1 Å². The van der Waals surface area contributed by atoms with E-state index in [-0.39, 0.29) is 11.7 Å². The summed E-state index contributed by atoms with van der Waals surface area (Å²) in [5.74, 6) is 0.176. The van der Waals surface area contributed by atoms with Gasteiger partial charge in [0, 0.05) is 50.8 Å². The van der Waals surface area contributed by atoms with Crippen molar-refractivity contribution < 1.29 is 4.79 Å². The van der Waals surface area contributed by atoms with Crippen molar-refractivity contribution in [3.63, 3.8) is 0 Å². The van der Waals surface area contributed by atoms with Crippen LogP contribution in [0.25, 0.3) is 11.0 Å². The normalized spacial score (nSPS) is 23.9. The molecule has 0 aliphatic carbocycles. The average Bonchev–Trinajstić information content (AvgIpc) is 3.07. The van der Waals surface area contributed by atoms with Gasteiger partial charge in [0.25, 0.3) is 5.91 Å². The van der Waals surface area contributed by atoms with Gasteiger partial charge in [-0.3, -0.25) is 4.79 Å². The van der Waals surface area contributed by atoms with E-state index in [1.54, 1.807) is 6.08 Å². The molecule has 5 heterocycles. The predicted octanol–water partition coefficient (Wildman–Crippen LogP) is 2.49. The molecule has 0 saturated carbocycles. The second-order valence-corrected chi connectivity index (χ2v) is 9.08. The van der Waals surface area contributed by atoms with Crippen molar-refractivity contribution in [3.8, 4) is 0 Å². The molecule has 0 N–H and O–H groups in total. The summed E-state index contributed by atoms with van der Waals surface area (Å²) < 4.78 is 2.02. The highest BCUT2D eigenvalue weighted by Crippen LogP contribution is 2.44. The average molecular weight is 393 g/mol. The van der Waals surface area contributed by atoms with Crippen molar-refractivity contribution in [2.45, 2.75) is 12.7 Å². The fraction of sp³-hybridized carbons (Fsp3) is 0.333. The number of rotatable bonds is 2. The van der Waals surface area contributed by atoms with Gasteiger partial charge in [-0.2, -0.15) is 0 Å². The predicted molar refractivity (Wildman–Crippen MR) is 113 cm³/mol. The molecule has 28 heavy (non-hydrogen) atoms. The zero-order chi connectivity index (χ0) is 19.3. The lowest BCUT2D eigenvalue weighted by atomic mass is 10.2. The molecule has 2 atom stereocenters. The van der Waals surface area contributed by atoms with Crippen LogP contribution in [0.4, 0.5) is 0 Å². The van der Waals surface area contributed by atoms with E-state index in [2.05, 4.69) is 46.1 Å². The maximum absolute atomic E-state index is 12.9. The van der Waals surface area contributed by atoms with E-state index in [4.69, 9.17) is 0 Å². The van der Waals surface area contributed by atoms with Crippen LogP contribution in [0.5, 0.6) is 0 Å². The van der Waals surface area contributed by atoms with E-state index in [1.807, 2.05) is 34.8 Å². The van der Waals surface area contributed by atoms with Crippen LogP contribution < -0.4 is 0 Å². The number of amides is 1. The second kappa shape index (κ2) is 6.87. The van der Waals surface area contributed by atoms with E-state index in [9.17, 15) is 4.79 Å². The zero-order valence-electron chi connectivity index (χ0n) is 16.2. The summed E-state index contributed by atoms with van der Waals surface area (Å²) in [6, 6.07) is 4.15. The standard InChI is InChI=1S/C21H24N5OP/c1-15-13-25-6-5-16(11-19(25)22-15)18-12-20(27)26-14-17(3-4-21(26)28-18)24-9-7-23(2)8-10-24/h3-6,11-14,21,28H,7-10H2,1-2H3. The molecule has 1 amide bonds. The van der Waals surface area contributed by atoms with Crippen LogP contribution in [0.1, 0.15) is 11.3 Å². The summed E-state index contributed by atoms with van der Waals surface area (Å²) >= 11 is 0. The van der Waals surface area contributed by atoms with Crippen molar-refractivity contribution in [1.29, 1.82) is 0 Å². The second-order valence-electron chi connectivity index (χ2n) is 7.66. The molecule has 0 spiro atoms. The van der Waals surface area contributed by atoms with Crippen LogP contribution in [0.2, 0.25) is 0 Å². The largest absolute Gasteiger partial charge is 0.368 e. The highest BCUT2D eigenvalue weighted by Gasteiger charge is 2.30. The van der Waals surface area contributed by atoms with Gasteiger partial charge in [-0.1, -0.05) is 14.7 Å². The van der Waals surface area contributed by atoms with Gasteiger partial charge in [0.1, 0.15) is 5.65 Å². The summed E-state index contributed by atoms with van der Waals surface area (Å²) in [6.45, 7) is 6.12. The number of fused-ring (bicyclic) bond motifs is 2. The Hall–Kier alpha value is -2.43. The van der Waals surface area contributed by atoms with E-state index in [0.717, 1.165) is 54.1 Å². The number of aromatic nitrogens is 2. The lowest BCUT2D eigenvalue weighted by Gasteiger charge is -2.39. The SMILES string of the molecule is Cc1cn2ccc(C3=CC(=O)N4C=C(N5CCN(C)CC5)C=CC4P3)cc2n1.